The summed E-state index contributed by atoms with van der Waals surface area (Å²) in [6.45, 7) is 1.71. The molecule has 2 aliphatic rings. The zero-order chi connectivity index (χ0) is 18.1. The Morgan fingerprint density at radius 1 is 1.27 bits per heavy atom. The number of hydrogen-bond acceptors (Lipinski definition) is 3. The van der Waals surface area contributed by atoms with Crippen molar-refractivity contribution in [3.8, 4) is 0 Å². The maximum Gasteiger partial charge on any atom is 0.227 e. The van der Waals surface area contributed by atoms with Crippen LogP contribution in [0.25, 0.3) is 0 Å². The number of carbonyl (C=O) groups excluding carboxylic acids is 2. The van der Waals surface area contributed by atoms with Gasteiger partial charge < -0.3 is 14.6 Å². The summed E-state index contributed by atoms with van der Waals surface area (Å²) in [7, 11) is 0. The van der Waals surface area contributed by atoms with Crippen LogP contribution in [0.2, 0.25) is 0 Å². The smallest absolute Gasteiger partial charge is 0.227 e. The molecule has 2 atom stereocenters. The molecular formula is C20H21FN2O3. The van der Waals surface area contributed by atoms with Gasteiger partial charge >= 0.3 is 0 Å². The molecule has 1 spiro atoms. The number of likely N-dealkylation sites (tertiary alicyclic amines) is 1. The van der Waals surface area contributed by atoms with Crippen molar-refractivity contribution in [3.63, 3.8) is 0 Å². The minimum absolute atomic E-state index is 0.0268. The maximum absolute atomic E-state index is 13.0. The third-order valence-electron chi connectivity index (χ3n) is 5.53. The van der Waals surface area contributed by atoms with Crippen molar-refractivity contribution in [3.05, 3.63) is 59.8 Å². The van der Waals surface area contributed by atoms with E-state index in [9.17, 15) is 14.0 Å². The number of nitrogens with zero attached hydrogens (tertiary/aromatic N) is 1. The Morgan fingerprint density at radius 3 is 2.81 bits per heavy atom. The van der Waals surface area contributed by atoms with Gasteiger partial charge in [-0.1, -0.05) is 12.1 Å². The summed E-state index contributed by atoms with van der Waals surface area (Å²) in [6.07, 6.45) is 3.55. The summed E-state index contributed by atoms with van der Waals surface area (Å²) < 4.78 is 18.2. The molecule has 1 saturated carbocycles. The fourth-order valence-electron chi connectivity index (χ4n) is 3.88. The average molecular weight is 356 g/mol. The highest BCUT2D eigenvalue weighted by Gasteiger charge is 2.61. The molecule has 2 fully saturated rings. The lowest BCUT2D eigenvalue weighted by atomic mass is 10.0. The van der Waals surface area contributed by atoms with Crippen LogP contribution in [0.4, 0.5) is 4.39 Å². The number of benzene rings is 1. The van der Waals surface area contributed by atoms with Crippen molar-refractivity contribution in [2.75, 3.05) is 13.1 Å². The van der Waals surface area contributed by atoms with Crippen LogP contribution in [0.5, 0.6) is 0 Å². The van der Waals surface area contributed by atoms with Gasteiger partial charge in [0.25, 0.3) is 0 Å². The summed E-state index contributed by atoms with van der Waals surface area (Å²) in [6, 6.07) is 9.64. The quantitative estimate of drug-likeness (QED) is 0.895. The first-order valence-electron chi connectivity index (χ1n) is 8.88. The Kier molecular flexibility index (Phi) is 4.26. The van der Waals surface area contributed by atoms with E-state index in [1.165, 1.54) is 12.1 Å². The standard InChI is InChI=1S/C20H21FN2O3/c21-15-5-3-14(4-6-15)10-18(24)23-8-7-20(13-23)11-17(20)19(25)22-12-16-2-1-9-26-16/h1-6,9,17H,7-8,10-13H2,(H,22,25)/t17-,20-/m1/s1. The second kappa shape index (κ2) is 6.59. The van der Waals surface area contributed by atoms with Gasteiger partial charge in [0.05, 0.1) is 19.2 Å². The topological polar surface area (TPSA) is 62.6 Å². The SMILES string of the molecule is O=C(NCc1ccco1)[C@H]1C[C@@]12CCN(C(=O)Cc1ccc(F)cc1)C2. The molecule has 0 unspecified atom stereocenters. The minimum atomic E-state index is -0.303. The summed E-state index contributed by atoms with van der Waals surface area (Å²) in [5.74, 6) is 0.476. The van der Waals surface area contributed by atoms with E-state index in [4.69, 9.17) is 4.42 Å². The molecule has 1 aromatic carbocycles. The third kappa shape index (κ3) is 3.36. The lowest BCUT2D eigenvalue weighted by Crippen LogP contribution is -2.32. The molecule has 1 aromatic heterocycles. The van der Waals surface area contributed by atoms with Crippen molar-refractivity contribution in [2.24, 2.45) is 11.3 Å². The molecular weight excluding hydrogens is 335 g/mol. The molecule has 26 heavy (non-hydrogen) atoms. The lowest BCUT2D eigenvalue weighted by molar-refractivity contribution is -0.130. The number of carbonyl (C=O) groups is 2. The molecule has 1 saturated heterocycles. The van der Waals surface area contributed by atoms with Crippen LogP contribution in [0.1, 0.15) is 24.2 Å². The van der Waals surface area contributed by atoms with Gasteiger partial charge in [0.2, 0.25) is 11.8 Å². The summed E-state index contributed by atoms with van der Waals surface area (Å²) in [4.78, 5) is 26.7. The number of furan rings is 1. The summed E-state index contributed by atoms with van der Waals surface area (Å²) in [5, 5.41) is 2.92. The predicted octanol–water partition coefficient (Wildman–Crippen LogP) is 2.52. The van der Waals surface area contributed by atoms with Gasteiger partial charge in [0, 0.05) is 24.4 Å². The number of halogens is 1. The van der Waals surface area contributed by atoms with E-state index in [0.29, 0.717) is 19.6 Å². The molecule has 1 aliphatic carbocycles. The zero-order valence-electron chi connectivity index (χ0n) is 14.4. The molecule has 0 bridgehead atoms. The summed E-state index contributed by atoms with van der Waals surface area (Å²) in [5.41, 5.74) is 0.743. The molecule has 6 heteroatoms. The van der Waals surface area contributed by atoms with Gasteiger partial charge in [0.1, 0.15) is 11.6 Å². The van der Waals surface area contributed by atoms with Gasteiger partial charge in [-0.15, -0.1) is 0 Å². The second-order valence-corrected chi connectivity index (χ2v) is 7.28. The molecule has 0 radical (unpaired) electrons. The fourth-order valence-corrected chi connectivity index (χ4v) is 3.88. The van der Waals surface area contributed by atoms with Gasteiger partial charge in [-0.05, 0) is 42.7 Å². The molecule has 5 nitrogen and oxygen atoms in total. The maximum atomic E-state index is 13.0. The average Bonchev–Trinajstić information content (AvgIpc) is 2.99. The van der Waals surface area contributed by atoms with Gasteiger partial charge in [-0.3, -0.25) is 9.59 Å². The second-order valence-electron chi connectivity index (χ2n) is 7.28. The van der Waals surface area contributed by atoms with E-state index in [-0.39, 0.29) is 35.4 Å². The largest absolute Gasteiger partial charge is 0.467 e. The van der Waals surface area contributed by atoms with Crippen molar-refractivity contribution in [1.29, 1.82) is 0 Å². The van der Waals surface area contributed by atoms with Gasteiger partial charge in [0.15, 0.2) is 0 Å². The molecule has 1 N–H and O–H groups in total. The molecule has 2 amide bonds. The highest BCUT2D eigenvalue weighted by molar-refractivity contribution is 5.84. The van der Waals surface area contributed by atoms with E-state index in [1.54, 1.807) is 24.5 Å². The van der Waals surface area contributed by atoms with Crippen molar-refractivity contribution in [2.45, 2.75) is 25.8 Å². The first kappa shape index (κ1) is 16.8. The van der Waals surface area contributed by atoms with Crippen molar-refractivity contribution < 1.29 is 18.4 Å². The van der Waals surface area contributed by atoms with Gasteiger partial charge in [-0.2, -0.15) is 0 Å². The number of rotatable bonds is 5. The zero-order valence-corrected chi connectivity index (χ0v) is 14.4. The Bertz CT molecular complexity index is 803. The van der Waals surface area contributed by atoms with Gasteiger partial charge in [-0.25, -0.2) is 4.39 Å². The van der Waals surface area contributed by atoms with Crippen LogP contribution in [0.3, 0.4) is 0 Å². The predicted molar refractivity (Wildman–Crippen MR) is 92.4 cm³/mol. The Hall–Kier alpha value is -2.63. The lowest BCUT2D eigenvalue weighted by Gasteiger charge is -2.17. The molecule has 4 rings (SSSR count). The van der Waals surface area contributed by atoms with Crippen molar-refractivity contribution in [1.82, 2.24) is 10.2 Å². The van der Waals surface area contributed by atoms with Crippen LogP contribution in [-0.2, 0) is 22.6 Å². The summed E-state index contributed by atoms with van der Waals surface area (Å²) >= 11 is 0. The van der Waals surface area contributed by atoms with E-state index in [0.717, 1.165) is 24.2 Å². The fraction of sp³-hybridized carbons (Fsp3) is 0.400. The monoisotopic (exact) mass is 356 g/mol. The normalized spacial score (nSPS) is 24.0. The Morgan fingerprint density at radius 2 is 2.08 bits per heavy atom. The van der Waals surface area contributed by atoms with Crippen LogP contribution < -0.4 is 5.32 Å². The van der Waals surface area contributed by atoms with E-state index in [2.05, 4.69) is 5.32 Å². The van der Waals surface area contributed by atoms with Crippen LogP contribution in [-0.4, -0.2) is 29.8 Å². The van der Waals surface area contributed by atoms with E-state index < -0.39 is 0 Å². The Balaban J connectivity index is 1.29. The van der Waals surface area contributed by atoms with Crippen LogP contribution in [0.15, 0.2) is 47.1 Å². The molecule has 1 aliphatic heterocycles. The first-order chi connectivity index (χ1) is 12.6. The molecule has 2 aromatic rings. The third-order valence-corrected chi connectivity index (χ3v) is 5.53. The highest BCUT2D eigenvalue weighted by atomic mass is 19.1. The Labute approximate surface area is 151 Å². The molecule has 136 valence electrons. The number of amides is 2. The van der Waals surface area contributed by atoms with E-state index >= 15 is 0 Å². The minimum Gasteiger partial charge on any atom is -0.467 e. The molecule has 2 heterocycles. The van der Waals surface area contributed by atoms with E-state index in [1.807, 2.05) is 11.0 Å². The van der Waals surface area contributed by atoms with Crippen LogP contribution >= 0.6 is 0 Å². The highest BCUT2D eigenvalue weighted by Crippen LogP contribution is 2.58. The first-order valence-corrected chi connectivity index (χ1v) is 8.88. The number of nitrogens with one attached hydrogen (secondary N) is 1. The van der Waals surface area contributed by atoms with Crippen molar-refractivity contribution >= 4 is 11.8 Å². The van der Waals surface area contributed by atoms with Crippen LogP contribution in [0, 0.1) is 17.2 Å². The number of hydrogen-bond donors (Lipinski definition) is 1.